The standard InChI is InChI=1S/C19H23F2N7O3.C2HF3O2/c1-12-7-24-16(26-11-19(20,21)13-5-3-2-4-6-13)17(30)28(12)10-15(29)23-8-14-9-25-18(22)27-31-14;3-2(4,5)1(6)7/h2-7,14H,8-11H2,1H3,(H,23,29)(H,24,26)(H3,22,25,27);(H,6,7). The van der Waals surface area contributed by atoms with Crippen LogP contribution in [0.4, 0.5) is 27.8 Å². The summed E-state index contributed by atoms with van der Waals surface area (Å²) in [6, 6.07) is 7.26. The zero-order chi connectivity index (χ0) is 28.5. The SMILES string of the molecule is Cc1cnc(NCC(F)(F)c2ccccc2)c(=O)n1CC(=O)NCC1CNC(=N)NO1.O=C(O)C(F)(F)F. The van der Waals surface area contributed by atoms with Crippen molar-refractivity contribution in [3.8, 4) is 0 Å². The Bertz CT molecular complexity index is 1180. The number of carboxylic acids is 1. The van der Waals surface area contributed by atoms with E-state index in [-0.39, 0.29) is 30.4 Å². The Morgan fingerprint density at radius 3 is 2.42 bits per heavy atom. The maximum absolute atomic E-state index is 14.4. The fraction of sp³-hybridized carbons (Fsp3) is 0.381. The Balaban J connectivity index is 0.000000638. The fourth-order valence-corrected chi connectivity index (χ4v) is 2.84. The minimum Gasteiger partial charge on any atom is -0.475 e. The molecule has 1 unspecified atom stereocenters. The fourth-order valence-electron chi connectivity index (χ4n) is 2.84. The van der Waals surface area contributed by atoms with E-state index in [1.807, 2.05) is 0 Å². The van der Waals surface area contributed by atoms with Gasteiger partial charge in [0.05, 0.1) is 6.54 Å². The van der Waals surface area contributed by atoms with Gasteiger partial charge in [-0.25, -0.2) is 15.3 Å². The maximum atomic E-state index is 14.4. The topological polar surface area (TPSA) is 170 Å². The van der Waals surface area contributed by atoms with Crippen molar-refractivity contribution in [1.82, 2.24) is 25.7 Å². The van der Waals surface area contributed by atoms with Crippen LogP contribution in [0.25, 0.3) is 0 Å². The zero-order valence-corrected chi connectivity index (χ0v) is 19.7. The van der Waals surface area contributed by atoms with Crippen molar-refractivity contribution in [2.75, 3.05) is 25.0 Å². The third-order valence-electron chi connectivity index (χ3n) is 4.83. The summed E-state index contributed by atoms with van der Waals surface area (Å²) >= 11 is 0. The van der Waals surface area contributed by atoms with Crippen molar-refractivity contribution in [2.24, 2.45) is 0 Å². The molecule has 1 aromatic heterocycles. The highest BCUT2D eigenvalue weighted by atomic mass is 19.4. The van der Waals surface area contributed by atoms with Crippen LogP contribution in [-0.4, -0.2) is 64.4 Å². The predicted molar refractivity (Wildman–Crippen MR) is 122 cm³/mol. The second-order valence-corrected chi connectivity index (χ2v) is 7.77. The molecule has 1 aliphatic rings. The van der Waals surface area contributed by atoms with Gasteiger partial charge in [0, 0.05) is 30.5 Å². The number of nitrogens with zero attached hydrogens (tertiary/aromatic N) is 2. The van der Waals surface area contributed by atoms with Gasteiger partial charge >= 0.3 is 12.1 Å². The molecule has 2 heterocycles. The minimum atomic E-state index is -5.08. The average molecular weight is 549 g/mol. The molecule has 17 heteroatoms. The van der Waals surface area contributed by atoms with Gasteiger partial charge in [0.25, 0.3) is 11.5 Å². The van der Waals surface area contributed by atoms with Gasteiger partial charge in [-0.2, -0.15) is 22.0 Å². The molecule has 38 heavy (non-hydrogen) atoms. The number of aryl methyl sites for hydroxylation is 1. The molecule has 0 aliphatic carbocycles. The van der Waals surface area contributed by atoms with E-state index in [4.69, 9.17) is 20.1 Å². The van der Waals surface area contributed by atoms with E-state index in [1.54, 1.807) is 13.0 Å². The van der Waals surface area contributed by atoms with Gasteiger partial charge in [-0.05, 0) is 6.92 Å². The van der Waals surface area contributed by atoms with E-state index in [0.717, 1.165) is 4.57 Å². The van der Waals surface area contributed by atoms with Crippen LogP contribution in [0.3, 0.4) is 0 Å². The Morgan fingerprint density at radius 1 is 1.24 bits per heavy atom. The van der Waals surface area contributed by atoms with E-state index < -0.39 is 42.2 Å². The van der Waals surface area contributed by atoms with Gasteiger partial charge in [-0.15, -0.1) is 0 Å². The summed E-state index contributed by atoms with van der Waals surface area (Å²) in [6.07, 6.45) is -4.15. The molecule has 0 radical (unpaired) electrons. The molecule has 1 atom stereocenters. The van der Waals surface area contributed by atoms with Gasteiger partial charge in [-0.1, -0.05) is 30.3 Å². The monoisotopic (exact) mass is 549 g/mol. The van der Waals surface area contributed by atoms with E-state index >= 15 is 0 Å². The summed E-state index contributed by atoms with van der Waals surface area (Å²) in [6.45, 7) is 0.958. The van der Waals surface area contributed by atoms with Gasteiger partial charge in [-0.3, -0.25) is 24.4 Å². The molecule has 3 rings (SSSR count). The number of carbonyl (C=O) groups excluding carboxylic acids is 1. The number of alkyl halides is 5. The first kappa shape index (κ1) is 29.9. The summed E-state index contributed by atoms with van der Waals surface area (Å²) in [5, 5.41) is 22.2. The largest absolute Gasteiger partial charge is 0.490 e. The molecule has 1 saturated heterocycles. The molecule has 1 aliphatic heterocycles. The molecule has 208 valence electrons. The first-order valence-electron chi connectivity index (χ1n) is 10.7. The van der Waals surface area contributed by atoms with Crippen LogP contribution in [0.1, 0.15) is 11.3 Å². The summed E-state index contributed by atoms with van der Waals surface area (Å²) < 4.78 is 61.6. The van der Waals surface area contributed by atoms with Crippen LogP contribution in [0, 0.1) is 12.3 Å². The molecule has 6 N–H and O–H groups in total. The van der Waals surface area contributed by atoms with Crippen molar-refractivity contribution in [2.45, 2.75) is 31.7 Å². The molecular weight excluding hydrogens is 525 g/mol. The highest BCUT2D eigenvalue weighted by Gasteiger charge is 2.38. The third kappa shape index (κ3) is 8.99. The number of benzene rings is 1. The Hall–Kier alpha value is -4.28. The van der Waals surface area contributed by atoms with E-state index in [2.05, 4.69) is 26.4 Å². The summed E-state index contributed by atoms with van der Waals surface area (Å²) in [5.41, 5.74) is 1.91. The lowest BCUT2D eigenvalue weighted by Crippen LogP contribution is -2.53. The lowest BCUT2D eigenvalue weighted by molar-refractivity contribution is -0.192. The maximum Gasteiger partial charge on any atom is 0.490 e. The number of nitrogens with one attached hydrogen (secondary N) is 5. The van der Waals surface area contributed by atoms with E-state index in [1.165, 1.54) is 30.5 Å². The number of anilines is 1. The van der Waals surface area contributed by atoms with Gasteiger partial charge in [0.1, 0.15) is 12.6 Å². The Morgan fingerprint density at radius 2 is 1.87 bits per heavy atom. The summed E-state index contributed by atoms with van der Waals surface area (Å²) in [7, 11) is 0. The molecule has 0 bridgehead atoms. The van der Waals surface area contributed by atoms with Crippen molar-refractivity contribution in [1.29, 1.82) is 5.41 Å². The van der Waals surface area contributed by atoms with Crippen molar-refractivity contribution in [3.63, 3.8) is 0 Å². The van der Waals surface area contributed by atoms with Crippen molar-refractivity contribution in [3.05, 3.63) is 58.1 Å². The Kier molecular flexibility index (Phi) is 10.1. The number of halogens is 5. The van der Waals surface area contributed by atoms with Crippen molar-refractivity contribution >= 4 is 23.7 Å². The lowest BCUT2D eigenvalue weighted by atomic mass is 10.1. The number of amides is 1. The number of rotatable bonds is 8. The number of aliphatic carboxylic acids is 1. The molecule has 12 nitrogen and oxygen atoms in total. The minimum absolute atomic E-state index is 0.0272. The van der Waals surface area contributed by atoms with Crippen LogP contribution in [0.15, 0.2) is 41.3 Å². The number of guanidine groups is 1. The molecular formula is C21H24F5N7O5. The number of aromatic nitrogens is 2. The smallest absolute Gasteiger partial charge is 0.475 e. The second-order valence-electron chi connectivity index (χ2n) is 7.77. The number of carbonyl (C=O) groups is 2. The average Bonchev–Trinajstić information content (AvgIpc) is 2.86. The molecule has 0 saturated carbocycles. The summed E-state index contributed by atoms with van der Waals surface area (Å²) in [5.74, 6) is -6.66. The summed E-state index contributed by atoms with van der Waals surface area (Å²) in [4.78, 5) is 42.9. The Labute approximate surface area is 211 Å². The van der Waals surface area contributed by atoms with Crippen LogP contribution >= 0.6 is 0 Å². The normalized spacial score (nSPS) is 15.3. The van der Waals surface area contributed by atoms with Gasteiger partial charge in [0.2, 0.25) is 11.9 Å². The number of hydrogen-bond donors (Lipinski definition) is 6. The van der Waals surface area contributed by atoms with Crippen LogP contribution in [0.5, 0.6) is 0 Å². The van der Waals surface area contributed by atoms with Gasteiger partial charge < -0.3 is 21.1 Å². The molecule has 1 fully saturated rings. The molecule has 1 aromatic carbocycles. The van der Waals surface area contributed by atoms with Crippen molar-refractivity contribution < 1.29 is 41.5 Å². The highest BCUT2D eigenvalue weighted by Crippen LogP contribution is 2.27. The first-order chi connectivity index (χ1) is 17.7. The third-order valence-corrected chi connectivity index (χ3v) is 4.83. The first-order valence-corrected chi connectivity index (χ1v) is 10.7. The zero-order valence-electron chi connectivity index (χ0n) is 19.7. The lowest BCUT2D eigenvalue weighted by Gasteiger charge is -2.25. The van der Waals surface area contributed by atoms with Crippen LogP contribution < -0.4 is 27.0 Å². The quantitative estimate of drug-likeness (QED) is 0.262. The highest BCUT2D eigenvalue weighted by molar-refractivity contribution is 5.76. The number of hydrogen-bond acceptors (Lipinski definition) is 7. The second kappa shape index (κ2) is 12.8. The molecule has 2 aromatic rings. The number of carboxylic acid groups (broad SMARTS) is 1. The predicted octanol–water partition coefficient (Wildman–Crippen LogP) is 0.933. The number of hydroxylamine groups is 1. The van der Waals surface area contributed by atoms with E-state index in [0.29, 0.717) is 12.2 Å². The van der Waals surface area contributed by atoms with E-state index in [9.17, 15) is 31.5 Å². The van der Waals surface area contributed by atoms with Gasteiger partial charge in [0.15, 0.2) is 5.82 Å². The van der Waals surface area contributed by atoms with Crippen LogP contribution in [-0.2, 0) is 26.9 Å². The molecule has 0 spiro atoms. The molecule has 1 amide bonds. The van der Waals surface area contributed by atoms with Crippen LogP contribution in [0.2, 0.25) is 0 Å².